The Hall–Kier alpha value is -0.880. The molecule has 4 nitrogen and oxygen atoms in total. The normalized spacial score (nSPS) is 11.2. The fraction of sp³-hybridized carbons (Fsp3) is 0.286. The first-order valence-electron chi connectivity index (χ1n) is 3.62. The van der Waals surface area contributed by atoms with Crippen molar-refractivity contribution in [3.8, 4) is 0 Å². The van der Waals surface area contributed by atoms with Gasteiger partial charge in [-0.25, -0.2) is 13.1 Å². The average Bonchev–Trinajstić information content (AvgIpc) is 2.55. The SMILES string of the molecule is CCS(=O)(=O)NC(=O)c1ccsc1. The van der Waals surface area contributed by atoms with Crippen molar-refractivity contribution in [1.29, 1.82) is 0 Å². The molecule has 0 saturated heterocycles. The predicted octanol–water partition coefficient (Wildman–Crippen LogP) is 0.828. The van der Waals surface area contributed by atoms with Gasteiger partial charge in [0.25, 0.3) is 5.91 Å². The van der Waals surface area contributed by atoms with Crippen LogP contribution in [0.4, 0.5) is 0 Å². The van der Waals surface area contributed by atoms with Gasteiger partial charge in [0, 0.05) is 5.38 Å². The summed E-state index contributed by atoms with van der Waals surface area (Å²) in [6, 6.07) is 1.57. The molecule has 1 heterocycles. The minimum absolute atomic E-state index is 0.0944. The van der Waals surface area contributed by atoms with Crippen molar-refractivity contribution in [2.75, 3.05) is 5.75 Å². The van der Waals surface area contributed by atoms with E-state index >= 15 is 0 Å². The first-order chi connectivity index (χ1) is 6.05. The maximum absolute atomic E-state index is 11.2. The van der Waals surface area contributed by atoms with Gasteiger partial charge in [-0.1, -0.05) is 0 Å². The second-order valence-corrected chi connectivity index (χ2v) is 5.14. The lowest BCUT2D eigenvalue weighted by molar-refractivity contribution is 0.0982. The molecule has 0 aliphatic carbocycles. The second kappa shape index (κ2) is 3.89. The summed E-state index contributed by atoms with van der Waals surface area (Å²) in [7, 11) is -3.44. The molecule has 0 atom stereocenters. The smallest absolute Gasteiger partial charge is 0.265 e. The Balaban J connectivity index is 2.73. The van der Waals surface area contributed by atoms with Crippen LogP contribution in [0.5, 0.6) is 0 Å². The van der Waals surface area contributed by atoms with Crippen LogP contribution in [0.15, 0.2) is 16.8 Å². The highest BCUT2D eigenvalue weighted by Gasteiger charge is 2.13. The predicted molar refractivity (Wildman–Crippen MR) is 51.2 cm³/mol. The van der Waals surface area contributed by atoms with Crippen LogP contribution in [0.1, 0.15) is 17.3 Å². The lowest BCUT2D eigenvalue weighted by Gasteiger charge is -2.01. The zero-order valence-electron chi connectivity index (χ0n) is 6.98. The van der Waals surface area contributed by atoms with Crippen LogP contribution in [0, 0.1) is 0 Å². The molecule has 0 saturated carbocycles. The van der Waals surface area contributed by atoms with E-state index < -0.39 is 15.9 Å². The topological polar surface area (TPSA) is 63.2 Å². The summed E-state index contributed by atoms with van der Waals surface area (Å²) in [4.78, 5) is 11.2. The average molecular weight is 219 g/mol. The van der Waals surface area contributed by atoms with Crippen molar-refractivity contribution >= 4 is 27.3 Å². The van der Waals surface area contributed by atoms with E-state index in [2.05, 4.69) is 0 Å². The molecule has 1 amide bonds. The number of sulfonamides is 1. The zero-order chi connectivity index (χ0) is 9.90. The van der Waals surface area contributed by atoms with Crippen molar-refractivity contribution in [1.82, 2.24) is 4.72 Å². The van der Waals surface area contributed by atoms with Crippen LogP contribution < -0.4 is 4.72 Å². The Labute approximate surface area is 80.6 Å². The quantitative estimate of drug-likeness (QED) is 0.819. The van der Waals surface area contributed by atoms with Gasteiger partial charge in [-0.05, 0) is 18.4 Å². The summed E-state index contributed by atoms with van der Waals surface area (Å²) < 4.78 is 23.9. The largest absolute Gasteiger partial charge is 0.268 e. The van der Waals surface area contributed by atoms with E-state index in [4.69, 9.17) is 0 Å². The molecule has 0 fully saturated rings. The highest BCUT2D eigenvalue weighted by Crippen LogP contribution is 2.05. The molecule has 13 heavy (non-hydrogen) atoms. The highest BCUT2D eigenvalue weighted by atomic mass is 32.2. The first-order valence-corrected chi connectivity index (χ1v) is 6.21. The fourth-order valence-corrected chi connectivity index (χ4v) is 1.85. The number of hydrogen-bond donors (Lipinski definition) is 1. The third-order valence-electron chi connectivity index (χ3n) is 1.41. The zero-order valence-corrected chi connectivity index (χ0v) is 8.61. The highest BCUT2D eigenvalue weighted by molar-refractivity contribution is 7.90. The molecule has 0 spiro atoms. The molecular formula is C7H9NO3S2. The number of nitrogens with one attached hydrogen (secondary N) is 1. The van der Waals surface area contributed by atoms with Gasteiger partial charge in [-0.3, -0.25) is 4.79 Å². The lowest BCUT2D eigenvalue weighted by Crippen LogP contribution is -2.31. The number of carbonyl (C=O) groups excluding carboxylic acids is 1. The summed E-state index contributed by atoms with van der Waals surface area (Å²) in [5.74, 6) is -0.661. The molecule has 1 aromatic rings. The minimum atomic E-state index is -3.44. The number of amides is 1. The van der Waals surface area contributed by atoms with E-state index in [0.717, 1.165) is 0 Å². The van der Waals surface area contributed by atoms with Gasteiger partial charge >= 0.3 is 0 Å². The minimum Gasteiger partial charge on any atom is -0.268 e. The van der Waals surface area contributed by atoms with Crippen LogP contribution in [0.3, 0.4) is 0 Å². The summed E-state index contributed by atoms with van der Waals surface area (Å²) in [5, 5.41) is 3.31. The molecule has 0 aliphatic heterocycles. The molecule has 0 unspecified atom stereocenters. The van der Waals surface area contributed by atoms with Gasteiger partial charge in [-0.2, -0.15) is 11.3 Å². The molecule has 0 aromatic carbocycles. The second-order valence-electron chi connectivity index (χ2n) is 2.35. The van der Waals surface area contributed by atoms with E-state index in [0.29, 0.717) is 5.56 Å². The maximum atomic E-state index is 11.2. The van der Waals surface area contributed by atoms with Crippen LogP contribution in [-0.4, -0.2) is 20.1 Å². The van der Waals surface area contributed by atoms with E-state index in [-0.39, 0.29) is 5.75 Å². The summed E-state index contributed by atoms with van der Waals surface area (Å²) in [6.45, 7) is 1.48. The maximum Gasteiger partial charge on any atom is 0.265 e. The van der Waals surface area contributed by atoms with Crippen molar-refractivity contribution in [3.63, 3.8) is 0 Å². The lowest BCUT2D eigenvalue weighted by atomic mass is 10.3. The van der Waals surface area contributed by atoms with Crippen LogP contribution in [0.2, 0.25) is 0 Å². The number of carbonyl (C=O) groups is 1. The van der Waals surface area contributed by atoms with Gasteiger partial charge in [-0.15, -0.1) is 0 Å². The molecular weight excluding hydrogens is 210 g/mol. The first kappa shape index (κ1) is 10.2. The molecule has 1 aromatic heterocycles. The van der Waals surface area contributed by atoms with Gasteiger partial charge in [0.15, 0.2) is 0 Å². The van der Waals surface area contributed by atoms with Crippen molar-refractivity contribution in [3.05, 3.63) is 22.4 Å². The molecule has 1 N–H and O–H groups in total. The number of thiophene rings is 1. The Kier molecular flexibility index (Phi) is 3.05. The Morgan fingerprint density at radius 2 is 2.31 bits per heavy atom. The summed E-state index contributed by atoms with van der Waals surface area (Å²) >= 11 is 1.35. The van der Waals surface area contributed by atoms with Crippen LogP contribution in [-0.2, 0) is 10.0 Å². The van der Waals surface area contributed by atoms with E-state index in [9.17, 15) is 13.2 Å². The Bertz CT molecular complexity index is 380. The van der Waals surface area contributed by atoms with E-state index in [1.807, 2.05) is 4.72 Å². The van der Waals surface area contributed by atoms with Crippen molar-refractivity contribution in [2.24, 2.45) is 0 Å². The van der Waals surface area contributed by atoms with Crippen LogP contribution >= 0.6 is 11.3 Å². The van der Waals surface area contributed by atoms with Crippen molar-refractivity contribution in [2.45, 2.75) is 6.92 Å². The van der Waals surface area contributed by atoms with E-state index in [1.54, 1.807) is 16.8 Å². The Morgan fingerprint density at radius 3 is 2.77 bits per heavy atom. The number of hydrogen-bond acceptors (Lipinski definition) is 4. The van der Waals surface area contributed by atoms with Gasteiger partial charge in [0.1, 0.15) is 0 Å². The monoisotopic (exact) mass is 219 g/mol. The van der Waals surface area contributed by atoms with Crippen molar-refractivity contribution < 1.29 is 13.2 Å². The molecule has 6 heteroatoms. The standard InChI is InChI=1S/C7H9NO3S2/c1-2-13(10,11)8-7(9)6-3-4-12-5-6/h3-5H,2H2,1H3,(H,8,9). The molecule has 0 aliphatic rings. The molecule has 1 rings (SSSR count). The van der Waals surface area contributed by atoms with Gasteiger partial charge in [0.2, 0.25) is 10.0 Å². The fourth-order valence-electron chi connectivity index (χ4n) is 0.666. The molecule has 72 valence electrons. The number of rotatable bonds is 3. The third-order valence-corrected chi connectivity index (χ3v) is 3.35. The molecule has 0 radical (unpaired) electrons. The summed E-state index contributed by atoms with van der Waals surface area (Å²) in [5.41, 5.74) is 0.377. The Morgan fingerprint density at radius 1 is 1.62 bits per heavy atom. The van der Waals surface area contributed by atoms with Gasteiger partial charge in [0.05, 0.1) is 11.3 Å². The van der Waals surface area contributed by atoms with Gasteiger partial charge < -0.3 is 0 Å². The van der Waals surface area contributed by atoms with E-state index in [1.165, 1.54) is 18.3 Å². The summed E-state index contributed by atoms with van der Waals surface area (Å²) in [6.07, 6.45) is 0. The third kappa shape index (κ3) is 2.82. The van der Waals surface area contributed by atoms with Crippen LogP contribution in [0.25, 0.3) is 0 Å². The molecule has 0 bridgehead atoms.